The maximum atomic E-state index is 11.6. The molecule has 0 rings (SSSR count). The Morgan fingerprint density at radius 1 is 1.38 bits per heavy atom. The first kappa shape index (κ1) is 12.7. The molecule has 0 aliphatic heterocycles. The number of hydrogen-bond acceptors (Lipinski definition) is 2. The molecule has 0 saturated heterocycles. The van der Waals surface area contributed by atoms with Gasteiger partial charge >= 0.3 is 6.18 Å². The molecular formula is C8H16F3NO. The van der Waals surface area contributed by atoms with Crippen molar-refractivity contribution in [2.24, 2.45) is 0 Å². The Bertz CT molecular complexity index is 127. The summed E-state index contributed by atoms with van der Waals surface area (Å²) in [4.78, 5) is 0. The molecule has 0 radical (unpaired) electrons. The fraction of sp³-hybridized carbons (Fsp3) is 1.00. The molecule has 1 atom stereocenters. The summed E-state index contributed by atoms with van der Waals surface area (Å²) in [6.07, 6.45) is -3.26. The summed E-state index contributed by atoms with van der Waals surface area (Å²) in [5, 5.41) is 3.03. The number of alkyl halides is 3. The Morgan fingerprint density at radius 3 is 2.46 bits per heavy atom. The lowest BCUT2D eigenvalue weighted by Crippen LogP contribution is -2.32. The normalized spacial score (nSPS) is 14.5. The van der Waals surface area contributed by atoms with Crippen molar-refractivity contribution in [2.75, 3.05) is 19.8 Å². The zero-order chi connectivity index (χ0) is 10.3. The summed E-state index contributed by atoms with van der Waals surface area (Å²) in [7, 11) is 0. The predicted octanol–water partition coefficient (Wildman–Crippen LogP) is 1.95. The first-order valence-corrected chi connectivity index (χ1v) is 4.33. The number of hydrogen-bond donors (Lipinski definition) is 1. The van der Waals surface area contributed by atoms with Crippen LogP contribution >= 0.6 is 0 Å². The molecule has 13 heavy (non-hydrogen) atoms. The Labute approximate surface area is 76.5 Å². The fourth-order valence-corrected chi connectivity index (χ4v) is 0.801. The molecule has 0 aromatic heterocycles. The molecule has 0 aliphatic carbocycles. The summed E-state index contributed by atoms with van der Waals surface area (Å²) in [5.74, 6) is 0. The zero-order valence-electron chi connectivity index (χ0n) is 7.95. The fourth-order valence-electron chi connectivity index (χ4n) is 0.801. The van der Waals surface area contributed by atoms with E-state index in [1.807, 2.05) is 6.92 Å². The van der Waals surface area contributed by atoms with Gasteiger partial charge in [-0.3, -0.25) is 0 Å². The van der Waals surface area contributed by atoms with E-state index >= 15 is 0 Å². The maximum absolute atomic E-state index is 11.6. The van der Waals surface area contributed by atoms with Crippen molar-refractivity contribution >= 4 is 0 Å². The summed E-state index contributed by atoms with van der Waals surface area (Å²) in [6, 6.07) is -0.0256. The lowest BCUT2D eigenvalue weighted by Gasteiger charge is -2.14. The van der Waals surface area contributed by atoms with E-state index in [2.05, 4.69) is 10.1 Å². The van der Waals surface area contributed by atoms with Gasteiger partial charge in [-0.15, -0.1) is 0 Å². The highest BCUT2D eigenvalue weighted by molar-refractivity contribution is 4.58. The van der Waals surface area contributed by atoms with E-state index in [9.17, 15) is 13.2 Å². The highest BCUT2D eigenvalue weighted by Gasteiger charge is 2.27. The van der Waals surface area contributed by atoms with Crippen LogP contribution in [0.1, 0.15) is 20.3 Å². The minimum Gasteiger partial charge on any atom is -0.370 e. The van der Waals surface area contributed by atoms with Gasteiger partial charge in [0.25, 0.3) is 0 Å². The average molecular weight is 199 g/mol. The number of nitrogens with one attached hydrogen (secondary N) is 1. The monoisotopic (exact) mass is 199 g/mol. The summed E-state index contributed by atoms with van der Waals surface area (Å²) >= 11 is 0. The quantitative estimate of drug-likeness (QED) is 0.706. The lowest BCUT2D eigenvalue weighted by molar-refractivity contribution is -0.174. The number of ether oxygens (including phenoxy) is 1. The highest BCUT2D eigenvalue weighted by Crippen LogP contribution is 2.14. The van der Waals surface area contributed by atoms with Crippen molar-refractivity contribution in [1.29, 1.82) is 0 Å². The molecule has 0 aromatic rings. The van der Waals surface area contributed by atoms with Crippen molar-refractivity contribution in [3.8, 4) is 0 Å². The lowest BCUT2D eigenvalue weighted by atomic mass is 10.3. The molecule has 80 valence electrons. The molecule has 0 fully saturated rings. The number of rotatable bonds is 6. The van der Waals surface area contributed by atoms with Crippen molar-refractivity contribution in [2.45, 2.75) is 32.5 Å². The van der Waals surface area contributed by atoms with Crippen molar-refractivity contribution in [3.05, 3.63) is 0 Å². The Kier molecular flexibility index (Phi) is 6.07. The Hall–Kier alpha value is -0.290. The minimum absolute atomic E-state index is 0.0256. The average Bonchev–Trinajstić information content (AvgIpc) is 1.98. The van der Waals surface area contributed by atoms with Crippen LogP contribution in [0, 0.1) is 0 Å². The van der Waals surface area contributed by atoms with Crippen molar-refractivity contribution in [1.82, 2.24) is 5.32 Å². The van der Waals surface area contributed by atoms with E-state index in [0.717, 1.165) is 13.0 Å². The molecule has 0 spiro atoms. The smallest absolute Gasteiger partial charge is 0.370 e. The molecule has 1 unspecified atom stereocenters. The van der Waals surface area contributed by atoms with Gasteiger partial charge < -0.3 is 10.1 Å². The van der Waals surface area contributed by atoms with E-state index in [-0.39, 0.29) is 12.6 Å². The van der Waals surface area contributed by atoms with E-state index in [0.29, 0.717) is 0 Å². The van der Waals surface area contributed by atoms with Gasteiger partial charge in [-0.05, 0) is 19.9 Å². The van der Waals surface area contributed by atoms with Gasteiger partial charge in [0.05, 0.1) is 6.61 Å². The van der Waals surface area contributed by atoms with Gasteiger partial charge in [0.2, 0.25) is 0 Å². The van der Waals surface area contributed by atoms with E-state index in [1.54, 1.807) is 6.92 Å². The first-order valence-electron chi connectivity index (χ1n) is 4.33. The second-order valence-corrected chi connectivity index (χ2v) is 2.99. The first-order chi connectivity index (χ1) is 5.95. The van der Waals surface area contributed by atoms with Crippen LogP contribution in [0.15, 0.2) is 0 Å². The van der Waals surface area contributed by atoms with Gasteiger partial charge in [-0.2, -0.15) is 13.2 Å². The third kappa shape index (κ3) is 9.63. The van der Waals surface area contributed by atoms with Crippen molar-refractivity contribution < 1.29 is 17.9 Å². The zero-order valence-corrected chi connectivity index (χ0v) is 7.95. The topological polar surface area (TPSA) is 21.3 Å². The van der Waals surface area contributed by atoms with Gasteiger partial charge in [0.1, 0.15) is 6.61 Å². The minimum atomic E-state index is -4.22. The van der Waals surface area contributed by atoms with E-state index < -0.39 is 12.8 Å². The van der Waals surface area contributed by atoms with Gasteiger partial charge in [-0.1, -0.05) is 6.92 Å². The molecular weight excluding hydrogens is 183 g/mol. The molecule has 0 aliphatic rings. The third-order valence-corrected chi connectivity index (χ3v) is 1.38. The van der Waals surface area contributed by atoms with Crippen LogP contribution in [0.3, 0.4) is 0 Å². The second-order valence-electron chi connectivity index (χ2n) is 2.99. The molecule has 2 nitrogen and oxygen atoms in total. The number of halogens is 3. The predicted molar refractivity (Wildman–Crippen MR) is 44.6 cm³/mol. The molecule has 1 N–H and O–H groups in total. The highest BCUT2D eigenvalue weighted by atomic mass is 19.4. The summed E-state index contributed by atoms with van der Waals surface area (Å²) < 4.78 is 39.3. The van der Waals surface area contributed by atoms with Crippen LogP contribution in [0.2, 0.25) is 0 Å². The van der Waals surface area contributed by atoms with Crippen molar-refractivity contribution in [3.63, 3.8) is 0 Å². The summed E-state index contributed by atoms with van der Waals surface area (Å²) in [6.45, 7) is 3.53. The van der Waals surface area contributed by atoms with Crippen LogP contribution in [0.25, 0.3) is 0 Å². The molecule has 0 aromatic carbocycles. The summed E-state index contributed by atoms with van der Waals surface area (Å²) in [5.41, 5.74) is 0. The van der Waals surface area contributed by atoms with Crippen LogP contribution in [-0.4, -0.2) is 32.0 Å². The third-order valence-electron chi connectivity index (χ3n) is 1.38. The van der Waals surface area contributed by atoms with Crippen LogP contribution in [0.4, 0.5) is 13.2 Å². The standard InChI is InChI=1S/C8H16F3NO/c1-3-4-12-7(2)5-13-6-8(9,10)11/h7,12H,3-6H2,1-2H3. The van der Waals surface area contributed by atoms with E-state index in [1.165, 1.54) is 0 Å². The Morgan fingerprint density at radius 2 is 2.00 bits per heavy atom. The molecule has 0 bridgehead atoms. The van der Waals surface area contributed by atoms with Crippen LogP contribution < -0.4 is 5.32 Å². The molecule has 5 heteroatoms. The maximum Gasteiger partial charge on any atom is 0.411 e. The molecule has 0 amide bonds. The molecule has 0 saturated carbocycles. The van der Waals surface area contributed by atoms with E-state index in [4.69, 9.17) is 0 Å². The SMILES string of the molecule is CCCNC(C)COCC(F)(F)F. The second kappa shape index (κ2) is 6.21. The molecule has 0 heterocycles. The van der Waals surface area contributed by atoms with Gasteiger partial charge in [0.15, 0.2) is 0 Å². The van der Waals surface area contributed by atoms with Gasteiger partial charge in [-0.25, -0.2) is 0 Å². The largest absolute Gasteiger partial charge is 0.411 e. The van der Waals surface area contributed by atoms with Crippen LogP contribution in [0.5, 0.6) is 0 Å². The van der Waals surface area contributed by atoms with Gasteiger partial charge in [0, 0.05) is 6.04 Å². The Balaban J connectivity index is 3.31. The van der Waals surface area contributed by atoms with Crippen LogP contribution in [-0.2, 0) is 4.74 Å².